The highest BCUT2D eigenvalue weighted by molar-refractivity contribution is 5.93. The molecule has 100 valence electrons. The predicted octanol–water partition coefficient (Wildman–Crippen LogP) is 1.26. The number of hydrogen-bond donors (Lipinski definition) is 3. The van der Waals surface area contributed by atoms with Crippen LogP contribution in [0.3, 0.4) is 0 Å². The lowest BCUT2D eigenvalue weighted by Gasteiger charge is -2.19. The summed E-state index contributed by atoms with van der Waals surface area (Å²) < 4.78 is 0. The highest BCUT2D eigenvalue weighted by Crippen LogP contribution is 2.04. The number of nitrogens with one attached hydrogen (secondary N) is 2. The highest BCUT2D eigenvalue weighted by Gasteiger charge is 2.02. The van der Waals surface area contributed by atoms with E-state index >= 15 is 0 Å². The zero-order chi connectivity index (χ0) is 13.4. The SMILES string of the molecule is CC(C)N(C)CCN=C(NN)Nc1ccccc1. The van der Waals surface area contributed by atoms with Gasteiger partial charge in [0.1, 0.15) is 0 Å². The summed E-state index contributed by atoms with van der Waals surface area (Å²) in [6.45, 7) is 5.93. The van der Waals surface area contributed by atoms with Gasteiger partial charge in [-0.25, -0.2) is 5.84 Å². The molecule has 0 radical (unpaired) electrons. The van der Waals surface area contributed by atoms with Crippen molar-refractivity contribution < 1.29 is 0 Å². The van der Waals surface area contributed by atoms with Crippen LogP contribution in [-0.4, -0.2) is 37.0 Å². The monoisotopic (exact) mass is 249 g/mol. The summed E-state index contributed by atoms with van der Waals surface area (Å²) in [7, 11) is 2.08. The molecule has 0 spiro atoms. The fourth-order valence-electron chi connectivity index (χ4n) is 1.36. The van der Waals surface area contributed by atoms with Gasteiger partial charge in [0.15, 0.2) is 0 Å². The molecule has 0 amide bonds. The number of anilines is 1. The maximum atomic E-state index is 5.44. The molecular weight excluding hydrogens is 226 g/mol. The van der Waals surface area contributed by atoms with Crippen molar-refractivity contribution in [2.75, 3.05) is 25.5 Å². The number of aliphatic imine (C=N–C) groups is 1. The Morgan fingerprint density at radius 3 is 2.56 bits per heavy atom. The van der Waals surface area contributed by atoms with Crippen molar-refractivity contribution in [1.29, 1.82) is 0 Å². The van der Waals surface area contributed by atoms with E-state index in [1.54, 1.807) is 0 Å². The maximum Gasteiger partial charge on any atom is 0.210 e. The molecular formula is C13H23N5. The summed E-state index contributed by atoms with van der Waals surface area (Å²) in [4.78, 5) is 6.62. The molecule has 1 rings (SSSR count). The molecule has 0 saturated carbocycles. The van der Waals surface area contributed by atoms with Gasteiger partial charge in [-0.15, -0.1) is 0 Å². The van der Waals surface area contributed by atoms with E-state index in [1.165, 1.54) is 0 Å². The first-order valence-electron chi connectivity index (χ1n) is 6.17. The van der Waals surface area contributed by atoms with E-state index in [-0.39, 0.29) is 0 Å². The highest BCUT2D eigenvalue weighted by atomic mass is 15.3. The molecule has 0 aliphatic carbocycles. The van der Waals surface area contributed by atoms with Gasteiger partial charge >= 0.3 is 0 Å². The van der Waals surface area contributed by atoms with Gasteiger partial charge < -0.3 is 10.2 Å². The van der Waals surface area contributed by atoms with E-state index < -0.39 is 0 Å². The first kappa shape index (κ1) is 14.5. The summed E-state index contributed by atoms with van der Waals surface area (Å²) >= 11 is 0. The van der Waals surface area contributed by atoms with E-state index in [0.717, 1.165) is 12.2 Å². The Bertz CT molecular complexity index is 361. The molecule has 0 aliphatic rings. The van der Waals surface area contributed by atoms with Gasteiger partial charge in [0, 0.05) is 18.3 Å². The fourth-order valence-corrected chi connectivity index (χ4v) is 1.36. The third-order valence-electron chi connectivity index (χ3n) is 2.78. The van der Waals surface area contributed by atoms with Crippen LogP contribution in [0, 0.1) is 0 Å². The summed E-state index contributed by atoms with van der Waals surface area (Å²) in [5.74, 6) is 6.02. The molecule has 5 nitrogen and oxygen atoms in total. The third kappa shape index (κ3) is 5.16. The summed E-state index contributed by atoms with van der Waals surface area (Å²) in [6, 6.07) is 10.3. The second kappa shape index (κ2) is 7.68. The third-order valence-corrected chi connectivity index (χ3v) is 2.78. The normalized spacial score (nSPS) is 12.0. The molecule has 1 aromatic carbocycles. The average Bonchev–Trinajstić information content (AvgIpc) is 2.38. The molecule has 0 heterocycles. The molecule has 0 unspecified atom stereocenters. The van der Waals surface area contributed by atoms with Crippen molar-refractivity contribution >= 4 is 11.6 Å². The van der Waals surface area contributed by atoms with Crippen LogP contribution in [0.25, 0.3) is 0 Å². The number of hydrazine groups is 1. The van der Waals surface area contributed by atoms with Crippen LogP contribution in [0.4, 0.5) is 5.69 Å². The van der Waals surface area contributed by atoms with Gasteiger partial charge in [-0.05, 0) is 33.0 Å². The number of nitrogens with zero attached hydrogens (tertiary/aromatic N) is 2. The Morgan fingerprint density at radius 2 is 2.00 bits per heavy atom. The molecule has 1 aromatic rings. The Kier molecular flexibility index (Phi) is 6.18. The maximum absolute atomic E-state index is 5.44. The van der Waals surface area contributed by atoms with E-state index in [9.17, 15) is 0 Å². The van der Waals surface area contributed by atoms with Crippen molar-refractivity contribution in [3.8, 4) is 0 Å². The average molecular weight is 249 g/mol. The number of nitrogens with two attached hydrogens (primary N) is 1. The molecule has 0 fully saturated rings. The van der Waals surface area contributed by atoms with Crippen molar-refractivity contribution in [3.05, 3.63) is 30.3 Å². The molecule has 0 saturated heterocycles. The predicted molar refractivity (Wildman–Crippen MR) is 77.5 cm³/mol. The minimum Gasteiger partial charge on any atom is -0.325 e. The molecule has 0 bridgehead atoms. The topological polar surface area (TPSA) is 65.7 Å². The van der Waals surface area contributed by atoms with Gasteiger partial charge in [-0.1, -0.05) is 18.2 Å². The Labute approximate surface area is 109 Å². The number of rotatable bonds is 5. The second-order valence-corrected chi connectivity index (χ2v) is 4.44. The molecule has 4 N–H and O–H groups in total. The molecule has 0 aromatic heterocycles. The summed E-state index contributed by atoms with van der Waals surface area (Å²) in [6.07, 6.45) is 0. The van der Waals surface area contributed by atoms with Crippen LogP contribution < -0.4 is 16.6 Å². The summed E-state index contributed by atoms with van der Waals surface area (Å²) in [5.41, 5.74) is 3.54. The van der Waals surface area contributed by atoms with Crippen LogP contribution in [0.2, 0.25) is 0 Å². The standard InChI is InChI=1S/C13H23N5/c1-11(2)18(3)10-9-15-13(17-14)16-12-7-5-4-6-8-12/h4-8,11H,9-10,14H2,1-3H3,(H2,15,16,17). The molecule has 0 aliphatic heterocycles. The zero-order valence-electron chi connectivity index (χ0n) is 11.4. The Balaban J connectivity index is 2.46. The van der Waals surface area contributed by atoms with Crippen LogP contribution in [0.1, 0.15) is 13.8 Å². The smallest absolute Gasteiger partial charge is 0.210 e. The lowest BCUT2D eigenvalue weighted by Crippen LogP contribution is -2.37. The molecule has 5 heteroatoms. The number of guanidine groups is 1. The van der Waals surface area contributed by atoms with Gasteiger partial charge in [0.05, 0.1) is 6.54 Å². The number of hydrogen-bond acceptors (Lipinski definition) is 3. The van der Waals surface area contributed by atoms with Gasteiger partial charge in [0.25, 0.3) is 0 Å². The van der Waals surface area contributed by atoms with Crippen molar-refractivity contribution in [2.45, 2.75) is 19.9 Å². The largest absolute Gasteiger partial charge is 0.325 e. The second-order valence-electron chi connectivity index (χ2n) is 4.44. The van der Waals surface area contributed by atoms with E-state index in [4.69, 9.17) is 5.84 Å². The van der Waals surface area contributed by atoms with Crippen LogP contribution >= 0.6 is 0 Å². The number of para-hydroxylation sites is 1. The quantitative estimate of drug-likeness (QED) is 0.318. The lowest BCUT2D eigenvalue weighted by atomic mass is 10.3. The van der Waals surface area contributed by atoms with Crippen molar-refractivity contribution in [3.63, 3.8) is 0 Å². The molecule has 18 heavy (non-hydrogen) atoms. The van der Waals surface area contributed by atoms with Crippen LogP contribution in [-0.2, 0) is 0 Å². The van der Waals surface area contributed by atoms with E-state index in [1.807, 2.05) is 30.3 Å². The van der Waals surface area contributed by atoms with E-state index in [0.29, 0.717) is 18.5 Å². The number of likely N-dealkylation sites (N-methyl/N-ethyl adjacent to an activating group) is 1. The minimum atomic E-state index is 0.525. The summed E-state index contributed by atoms with van der Waals surface area (Å²) in [5, 5.41) is 3.13. The zero-order valence-corrected chi connectivity index (χ0v) is 11.4. The van der Waals surface area contributed by atoms with Gasteiger partial charge in [0.2, 0.25) is 5.96 Å². The van der Waals surface area contributed by atoms with Crippen molar-refractivity contribution in [2.24, 2.45) is 10.8 Å². The fraction of sp³-hybridized carbons (Fsp3) is 0.462. The number of benzene rings is 1. The Hall–Kier alpha value is -1.59. The van der Waals surface area contributed by atoms with Gasteiger partial charge in [-0.3, -0.25) is 10.4 Å². The Morgan fingerprint density at radius 1 is 1.33 bits per heavy atom. The van der Waals surface area contributed by atoms with Crippen molar-refractivity contribution in [1.82, 2.24) is 10.3 Å². The van der Waals surface area contributed by atoms with Crippen LogP contribution in [0.5, 0.6) is 0 Å². The minimum absolute atomic E-state index is 0.525. The lowest BCUT2D eigenvalue weighted by molar-refractivity contribution is 0.282. The van der Waals surface area contributed by atoms with E-state index in [2.05, 4.69) is 41.5 Å². The van der Waals surface area contributed by atoms with Crippen LogP contribution in [0.15, 0.2) is 35.3 Å². The first-order valence-corrected chi connectivity index (χ1v) is 6.17. The first-order chi connectivity index (χ1) is 8.63. The molecule has 0 atom stereocenters. The van der Waals surface area contributed by atoms with Gasteiger partial charge in [-0.2, -0.15) is 0 Å².